The van der Waals surface area contributed by atoms with Crippen LogP contribution < -0.4 is 0 Å². The smallest absolute Gasteiger partial charge is 0.0593 e. The Hall–Kier alpha value is -0.360. The second-order valence-corrected chi connectivity index (χ2v) is 37.5. The van der Waals surface area contributed by atoms with E-state index in [-0.39, 0.29) is 54.9 Å². The summed E-state index contributed by atoms with van der Waals surface area (Å²) in [5.41, 5.74) is 0.367. The molecular formula is C90H180O9. The van der Waals surface area contributed by atoms with Gasteiger partial charge >= 0.3 is 0 Å². The van der Waals surface area contributed by atoms with Crippen LogP contribution in [0.15, 0.2) is 0 Å². The lowest BCUT2D eigenvalue weighted by atomic mass is 9.66. The Balaban J connectivity index is 0.000000557. The summed E-state index contributed by atoms with van der Waals surface area (Å²) in [6.07, 6.45) is 32.4. The number of rotatable bonds is 9. The molecule has 9 aliphatic carbocycles. The maximum atomic E-state index is 9.75. The first-order valence-electron chi connectivity index (χ1n) is 43.4. The summed E-state index contributed by atoms with van der Waals surface area (Å²) in [7, 11) is 0. The fourth-order valence-corrected chi connectivity index (χ4v) is 21.0. The van der Waals surface area contributed by atoms with Crippen LogP contribution in [0.4, 0.5) is 0 Å². The summed E-state index contributed by atoms with van der Waals surface area (Å²) in [6.45, 7) is 60.3. The van der Waals surface area contributed by atoms with Crippen molar-refractivity contribution < 1.29 is 46.0 Å². The molecule has 9 fully saturated rings. The SMILES string of the molecule is CCC1C(C)CC(O)CC1C.CCC1C(O)CCCC1(C)C.CCC1CC(C)C(C)C(O)C1.CCC1CC(C)C(O)C(C)C1.CCC1CC(C)C(O)CC1C.CCC1CC(O)C(C)CC1C.CCC1CC(O)CC(C)C1C.CCC1CCC(C)C(O)C1C.CCC1CCC(O)C(C)C1C. The lowest BCUT2D eigenvalue weighted by Crippen LogP contribution is -2.37. The van der Waals surface area contributed by atoms with Crippen molar-refractivity contribution in [2.45, 2.75) is 422 Å². The predicted molar refractivity (Wildman–Crippen MR) is 426 cm³/mol. The molecule has 9 heteroatoms. The zero-order chi connectivity index (χ0) is 75.9. The normalized spacial score (nSPS) is 44.8. The van der Waals surface area contributed by atoms with Gasteiger partial charge in [0.25, 0.3) is 0 Å². The van der Waals surface area contributed by atoms with Crippen LogP contribution in [0.5, 0.6) is 0 Å². The average Bonchev–Trinajstić information content (AvgIpc) is 0.836. The minimum absolute atomic E-state index is 0.0221. The lowest BCUT2D eigenvalue weighted by Gasteiger charge is -2.41. The molecule has 594 valence electrons. The van der Waals surface area contributed by atoms with E-state index in [0.717, 1.165) is 141 Å². The Morgan fingerprint density at radius 1 is 0.253 bits per heavy atom. The molecule has 9 N–H and O–H groups in total. The summed E-state index contributed by atoms with van der Waals surface area (Å²) >= 11 is 0. The quantitative estimate of drug-likeness (QED) is 0.109. The molecule has 9 saturated carbocycles. The zero-order valence-electron chi connectivity index (χ0n) is 71.0. The summed E-state index contributed by atoms with van der Waals surface area (Å²) in [4.78, 5) is 0. The van der Waals surface area contributed by atoms with Gasteiger partial charge < -0.3 is 46.0 Å². The molecule has 9 aliphatic rings. The van der Waals surface area contributed by atoms with Crippen LogP contribution in [0.2, 0.25) is 0 Å². The van der Waals surface area contributed by atoms with Crippen LogP contribution in [0.3, 0.4) is 0 Å². The van der Waals surface area contributed by atoms with Crippen molar-refractivity contribution in [3.8, 4) is 0 Å². The molecular weight excluding hydrogens is 1220 g/mol. The first-order chi connectivity index (χ1) is 46.3. The van der Waals surface area contributed by atoms with Gasteiger partial charge in [-0.2, -0.15) is 0 Å². The highest BCUT2D eigenvalue weighted by atomic mass is 16.3. The van der Waals surface area contributed by atoms with Gasteiger partial charge in [0.05, 0.1) is 54.9 Å². The van der Waals surface area contributed by atoms with Crippen LogP contribution >= 0.6 is 0 Å². The van der Waals surface area contributed by atoms with Crippen LogP contribution in [0, 0.1) is 153 Å². The Morgan fingerprint density at radius 2 is 0.687 bits per heavy atom. The molecule has 0 radical (unpaired) electrons. The molecule has 0 bridgehead atoms. The maximum Gasteiger partial charge on any atom is 0.0593 e. The average molecular weight is 1410 g/mol. The highest BCUT2D eigenvalue weighted by molar-refractivity contribution is 4.89. The fourth-order valence-electron chi connectivity index (χ4n) is 21.0. The number of hydrogen-bond donors (Lipinski definition) is 9. The van der Waals surface area contributed by atoms with E-state index in [4.69, 9.17) is 0 Å². The summed E-state index contributed by atoms with van der Waals surface area (Å²) in [5, 5.41) is 86.4. The van der Waals surface area contributed by atoms with Crippen LogP contribution in [-0.4, -0.2) is 101 Å². The fraction of sp³-hybridized carbons (Fsp3) is 1.00. The Morgan fingerprint density at radius 3 is 1.16 bits per heavy atom. The number of aliphatic hydroxyl groups is 9. The third-order valence-corrected chi connectivity index (χ3v) is 29.8. The molecule has 30 unspecified atom stereocenters. The van der Waals surface area contributed by atoms with Crippen molar-refractivity contribution in [1.29, 1.82) is 0 Å². The minimum atomic E-state index is -0.0475. The summed E-state index contributed by atoms with van der Waals surface area (Å²) < 4.78 is 0. The molecule has 0 aromatic heterocycles. The van der Waals surface area contributed by atoms with E-state index in [2.05, 4.69) is 187 Å². The van der Waals surface area contributed by atoms with E-state index in [1.54, 1.807) is 0 Å². The lowest BCUT2D eigenvalue weighted by molar-refractivity contribution is -0.0104. The van der Waals surface area contributed by atoms with E-state index in [1.165, 1.54) is 116 Å². The predicted octanol–water partition coefficient (Wildman–Crippen LogP) is 22.1. The van der Waals surface area contributed by atoms with Crippen molar-refractivity contribution in [3.05, 3.63) is 0 Å². The minimum Gasteiger partial charge on any atom is -0.393 e. The molecule has 0 saturated heterocycles. The van der Waals surface area contributed by atoms with Gasteiger partial charge in [-0.1, -0.05) is 251 Å². The monoisotopic (exact) mass is 1410 g/mol. The Labute approximate surface area is 617 Å². The third kappa shape index (κ3) is 32.9. The summed E-state index contributed by atoms with van der Waals surface area (Å²) in [5.74, 6) is 17.1. The molecule has 9 nitrogen and oxygen atoms in total. The van der Waals surface area contributed by atoms with Gasteiger partial charge in [-0.25, -0.2) is 0 Å². The van der Waals surface area contributed by atoms with Gasteiger partial charge in [0.2, 0.25) is 0 Å². The standard InChI is InChI=1S/9C10H20O/c1-4-9-5-8(3)10(11)6-7(9)2;1-4-9-6-10(11)5-7(2)8(9)3;1-4-9-5-7(2)8(3)10(11)6-9;1-4-10-7(2)5-9(11)6-8(10)3;1-4-9-5-7(2)10(11)8(3)6-9;1-4-9-6-10(11)8(3)5-7(9)2;1-4-8-9(11)6-5-7-10(8,2)3;1-4-9-5-6-10(11)8(3)7(9)2;1-4-9-6-5-7(2)10(11)8(9)3/h6*7-11H,4-6H2,1-3H3;8-9,11H,4-7H2,1-3H3;2*7-11H,4-6H2,1-3H3. The zero-order valence-corrected chi connectivity index (χ0v) is 71.0. The molecule has 0 spiro atoms. The topological polar surface area (TPSA) is 182 Å². The van der Waals surface area contributed by atoms with Crippen molar-refractivity contribution in [2.24, 2.45) is 153 Å². The van der Waals surface area contributed by atoms with Crippen molar-refractivity contribution >= 4 is 0 Å². The number of hydrogen-bond acceptors (Lipinski definition) is 9. The second kappa shape index (κ2) is 49.6. The molecule has 0 aliphatic heterocycles. The van der Waals surface area contributed by atoms with Gasteiger partial charge in [0.15, 0.2) is 0 Å². The van der Waals surface area contributed by atoms with Crippen molar-refractivity contribution in [3.63, 3.8) is 0 Å². The van der Waals surface area contributed by atoms with Gasteiger partial charge in [0.1, 0.15) is 0 Å². The van der Waals surface area contributed by atoms with E-state index in [0.29, 0.717) is 76.4 Å². The van der Waals surface area contributed by atoms with Crippen molar-refractivity contribution in [2.75, 3.05) is 0 Å². The second-order valence-electron chi connectivity index (χ2n) is 37.5. The maximum absolute atomic E-state index is 9.75. The largest absolute Gasteiger partial charge is 0.393 e. The van der Waals surface area contributed by atoms with Gasteiger partial charge in [-0.3, -0.25) is 0 Å². The third-order valence-electron chi connectivity index (χ3n) is 29.8. The Bertz CT molecular complexity index is 1820. The van der Waals surface area contributed by atoms with Crippen molar-refractivity contribution in [1.82, 2.24) is 0 Å². The van der Waals surface area contributed by atoms with E-state index in [9.17, 15) is 46.0 Å². The number of aliphatic hydroxyl groups excluding tert-OH is 9. The van der Waals surface area contributed by atoms with Crippen LogP contribution in [0.1, 0.15) is 367 Å². The molecule has 9 rings (SSSR count). The van der Waals surface area contributed by atoms with Crippen LogP contribution in [-0.2, 0) is 0 Å². The van der Waals surface area contributed by atoms with E-state index < -0.39 is 0 Å². The summed E-state index contributed by atoms with van der Waals surface area (Å²) in [6, 6.07) is 0. The molecule has 0 aromatic rings. The highest BCUT2D eigenvalue weighted by Crippen LogP contribution is 2.44. The van der Waals surface area contributed by atoms with Gasteiger partial charge in [0, 0.05) is 0 Å². The van der Waals surface area contributed by atoms with Gasteiger partial charge in [-0.05, 0) is 269 Å². The Kier molecular flexibility index (Phi) is 48.4. The molecule has 30 atom stereocenters. The molecule has 99 heavy (non-hydrogen) atoms. The molecule has 0 amide bonds. The molecule has 0 heterocycles. The first kappa shape index (κ1) is 96.7. The van der Waals surface area contributed by atoms with E-state index >= 15 is 0 Å². The van der Waals surface area contributed by atoms with Gasteiger partial charge in [-0.15, -0.1) is 0 Å². The first-order valence-corrected chi connectivity index (χ1v) is 43.4. The van der Waals surface area contributed by atoms with Crippen LogP contribution in [0.25, 0.3) is 0 Å². The molecule has 0 aromatic carbocycles. The highest BCUT2D eigenvalue weighted by Gasteiger charge is 2.39. The van der Waals surface area contributed by atoms with E-state index in [1.807, 2.05) is 0 Å².